The van der Waals surface area contributed by atoms with Crippen LogP contribution < -0.4 is 4.90 Å². The number of anilines is 1. The maximum atomic E-state index is 5.48. The van der Waals surface area contributed by atoms with E-state index in [0.717, 1.165) is 42.2 Å². The Labute approximate surface area is 153 Å². The first-order chi connectivity index (χ1) is 12.5. The van der Waals surface area contributed by atoms with Crippen molar-refractivity contribution in [1.29, 1.82) is 0 Å². The third-order valence-corrected chi connectivity index (χ3v) is 3.99. The second-order valence-corrected chi connectivity index (χ2v) is 6.34. The zero-order valence-electron chi connectivity index (χ0n) is 15.9. The minimum atomic E-state index is 0.395. The van der Waals surface area contributed by atoms with Crippen molar-refractivity contribution in [3.05, 3.63) is 35.3 Å². The molecule has 3 heterocycles. The number of hydrogen-bond acceptors (Lipinski definition) is 7. The molecule has 0 saturated heterocycles. The van der Waals surface area contributed by atoms with Crippen LogP contribution in [0.1, 0.15) is 37.4 Å². The molecule has 0 amide bonds. The molecule has 0 fully saturated rings. The van der Waals surface area contributed by atoms with Gasteiger partial charge in [-0.2, -0.15) is 4.98 Å². The Balaban J connectivity index is 1.97. The van der Waals surface area contributed by atoms with Crippen molar-refractivity contribution >= 4 is 5.95 Å². The largest absolute Gasteiger partial charge is 0.341 e. The minimum Gasteiger partial charge on any atom is -0.341 e. The van der Waals surface area contributed by atoms with Crippen molar-refractivity contribution in [2.45, 2.75) is 41.0 Å². The molecule has 0 unspecified atom stereocenters. The molecule has 0 saturated carbocycles. The summed E-state index contributed by atoms with van der Waals surface area (Å²) in [6, 6.07) is 5.75. The predicted octanol–water partition coefficient (Wildman–Crippen LogP) is 3.75. The van der Waals surface area contributed by atoms with Gasteiger partial charge in [-0.25, -0.2) is 9.97 Å². The van der Waals surface area contributed by atoms with Crippen LogP contribution in [-0.4, -0.2) is 38.2 Å². The number of aromatic nitrogens is 5. The van der Waals surface area contributed by atoms with Gasteiger partial charge < -0.3 is 9.42 Å². The van der Waals surface area contributed by atoms with Gasteiger partial charge in [-0.1, -0.05) is 12.1 Å². The molecule has 7 heteroatoms. The van der Waals surface area contributed by atoms with Crippen LogP contribution >= 0.6 is 0 Å². The molecule has 0 N–H and O–H groups in total. The average Bonchev–Trinajstić information content (AvgIpc) is 3.08. The summed E-state index contributed by atoms with van der Waals surface area (Å²) in [6.07, 6.45) is 1.03. The van der Waals surface area contributed by atoms with E-state index >= 15 is 0 Å². The van der Waals surface area contributed by atoms with Crippen LogP contribution in [0, 0.1) is 20.8 Å². The van der Waals surface area contributed by atoms with Crippen LogP contribution in [0.5, 0.6) is 0 Å². The van der Waals surface area contributed by atoms with Gasteiger partial charge in [-0.05, 0) is 52.3 Å². The van der Waals surface area contributed by atoms with Gasteiger partial charge in [0, 0.05) is 35.7 Å². The monoisotopic (exact) mass is 352 g/mol. The van der Waals surface area contributed by atoms with Crippen molar-refractivity contribution in [3.63, 3.8) is 0 Å². The second kappa shape index (κ2) is 7.59. The van der Waals surface area contributed by atoms with E-state index in [1.165, 1.54) is 0 Å². The van der Waals surface area contributed by atoms with Crippen molar-refractivity contribution < 1.29 is 4.52 Å². The highest BCUT2D eigenvalue weighted by molar-refractivity contribution is 5.59. The number of nitrogens with zero attached hydrogens (tertiary/aromatic N) is 6. The molecule has 0 spiro atoms. The molecule has 0 aromatic carbocycles. The molecule has 26 heavy (non-hydrogen) atoms. The van der Waals surface area contributed by atoms with E-state index in [1.54, 1.807) is 0 Å². The predicted molar refractivity (Wildman–Crippen MR) is 101 cm³/mol. The van der Waals surface area contributed by atoms with Gasteiger partial charge >= 0.3 is 0 Å². The van der Waals surface area contributed by atoms with Crippen LogP contribution in [0.3, 0.4) is 0 Å². The molecule has 0 aliphatic heterocycles. The van der Waals surface area contributed by atoms with Crippen molar-refractivity contribution in [2.75, 3.05) is 18.0 Å². The van der Waals surface area contributed by atoms with Crippen molar-refractivity contribution in [3.8, 4) is 23.0 Å². The molecule has 7 nitrogen and oxygen atoms in total. The Morgan fingerprint density at radius 3 is 2.23 bits per heavy atom. The van der Waals surface area contributed by atoms with Gasteiger partial charge in [-0.15, -0.1) is 0 Å². The van der Waals surface area contributed by atoms with Crippen LogP contribution in [0.15, 0.2) is 22.7 Å². The molecule has 136 valence electrons. The lowest BCUT2D eigenvalue weighted by atomic mass is 10.2. The van der Waals surface area contributed by atoms with Gasteiger partial charge in [0.2, 0.25) is 11.8 Å². The Morgan fingerprint density at radius 1 is 0.885 bits per heavy atom. The first-order valence-electron chi connectivity index (χ1n) is 8.90. The molecular formula is C19H24N6O. The summed E-state index contributed by atoms with van der Waals surface area (Å²) < 4.78 is 5.48. The molecule has 0 radical (unpaired) electrons. The van der Waals surface area contributed by atoms with Gasteiger partial charge in [-0.3, -0.25) is 4.98 Å². The highest BCUT2D eigenvalue weighted by atomic mass is 16.5. The zero-order valence-corrected chi connectivity index (χ0v) is 15.9. The Kier molecular flexibility index (Phi) is 5.25. The maximum Gasteiger partial charge on any atom is 0.277 e. The summed E-state index contributed by atoms with van der Waals surface area (Å²) in [7, 11) is 0. The van der Waals surface area contributed by atoms with E-state index in [4.69, 9.17) is 4.52 Å². The summed E-state index contributed by atoms with van der Waals surface area (Å²) in [5.41, 5.74) is 4.24. The normalized spacial score (nSPS) is 11.0. The van der Waals surface area contributed by atoms with Gasteiger partial charge in [0.25, 0.3) is 5.89 Å². The third kappa shape index (κ3) is 3.87. The quantitative estimate of drug-likeness (QED) is 0.668. The fourth-order valence-electron chi connectivity index (χ4n) is 2.88. The van der Waals surface area contributed by atoms with Crippen LogP contribution in [0.25, 0.3) is 23.0 Å². The first-order valence-corrected chi connectivity index (χ1v) is 8.90. The average molecular weight is 352 g/mol. The smallest absolute Gasteiger partial charge is 0.277 e. The lowest BCUT2D eigenvalue weighted by Crippen LogP contribution is -2.26. The van der Waals surface area contributed by atoms with E-state index in [9.17, 15) is 0 Å². The summed E-state index contributed by atoms with van der Waals surface area (Å²) in [5, 5.41) is 4.12. The summed E-state index contributed by atoms with van der Waals surface area (Å²) in [4.78, 5) is 20.3. The molecule has 3 aromatic rings. The second-order valence-electron chi connectivity index (χ2n) is 6.34. The fraction of sp³-hybridized carbons (Fsp3) is 0.421. The van der Waals surface area contributed by atoms with E-state index in [1.807, 2.05) is 39.0 Å². The number of rotatable bonds is 6. The van der Waals surface area contributed by atoms with E-state index in [-0.39, 0.29) is 0 Å². The summed E-state index contributed by atoms with van der Waals surface area (Å²) in [6.45, 7) is 11.8. The van der Waals surface area contributed by atoms with E-state index < -0.39 is 0 Å². The van der Waals surface area contributed by atoms with Crippen LogP contribution in [-0.2, 0) is 0 Å². The van der Waals surface area contributed by atoms with Crippen molar-refractivity contribution in [1.82, 2.24) is 25.1 Å². The summed E-state index contributed by atoms with van der Waals surface area (Å²) in [5.74, 6) is 1.62. The van der Waals surface area contributed by atoms with Crippen LogP contribution in [0.4, 0.5) is 5.95 Å². The molecule has 0 aliphatic rings. The van der Waals surface area contributed by atoms with Gasteiger partial charge in [0.15, 0.2) is 0 Å². The van der Waals surface area contributed by atoms with E-state index in [0.29, 0.717) is 23.4 Å². The highest BCUT2D eigenvalue weighted by Crippen LogP contribution is 2.23. The van der Waals surface area contributed by atoms with Gasteiger partial charge in [0.05, 0.1) is 0 Å². The molecule has 0 atom stereocenters. The topological polar surface area (TPSA) is 80.8 Å². The Bertz CT molecular complexity index is 885. The lowest BCUT2D eigenvalue weighted by Gasteiger charge is -2.20. The number of pyridine rings is 1. The van der Waals surface area contributed by atoms with Crippen LogP contribution in [0.2, 0.25) is 0 Å². The highest BCUT2D eigenvalue weighted by Gasteiger charge is 2.16. The third-order valence-electron chi connectivity index (χ3n) is 3.99. The molecule has 0 aliphatic carbocycles. The minimum absolute atomic E-state index is 0.395. The Morgan fingerprint density at radius 2 is 1.58 bits per heavy atom. The number of aryl methyl sites for hydroxylation is 3. The van der Waals surface area contributed by atoms with Gasteiger partial charge in [0.1, 0.15) is 5.69 Å². The van der Waals surface area contributed by atoms with E-state index in [2.05, 4.69) is 43.8 Å². The maximum absolute atomic E-state index is 5.48. The van der Waals surface area contributed by atoms with Crippen molar-refractivity contribution in [2.24, 2.45) is 0 Å². The summed E-state index contributed by atoms with van der Waals surface area (Å²) >= 11 is 0. The Hall–Kier alpha value is -2.83. The first kappa shape index (κ1) is 18.0. The lowest BCUT2D eigenvalue weighted by molar-refractivity contribution is 0.431. The molecule has 0 bridgehead atoms. The molecule has 3 rings (SSSR count). The fourth-order valence-corrected chi connectivity index (χ4v) is 2.88. The molecular weight excluding hydrogens is 328 g/mol. The molecule has 3 aromatic heterocycles. The zero-order chi connectivity index (χ0) is 18.7. The SMILES string of the molecule is CCCN(CC)c1nc(C)cc(-c2nc(-c3cc(C)nc(C)c3)no2)n1. The standard InChI is InChI=1S/C19H24N6O/c1-6-8-25(7-2)19-21-14(5)11-16(22-19)18-23-17(24-26-18)15-9-12(3)20-13(4)10-15/h9-11H,6-8H2,1-5H3. The number of hydrogen-bond donors (Lipinski definition) is 0.